The summed E-state index contributed by atoms with van der Waals surface area (Å²) in [7, 11) is 0. The molecule has 3 N–H and O–H groups in total. The van der Waals surface area contributed by atoms with Gasteiger partial charge in [0.05, 0.1) is 12.0 Å². The standard InChI is InChI=1S/C14H19FN2O/c1-14(9-16,11-5-6-11)17-13(18)8-10-3-2-4-12(15)7-10/h2-4,7,11H,5-6,8-9,16H2,1H3,(H,17,18). The second-order valence-corrected chi connectivity index (χ2v) is 5.25. The molecule has 1 aliphatic carbocycles. The number of amides is 1. The van der Waals surface area contributed by atoms with Crippen molar-refractivity contribution in [1.82, 2.24) is 5.32 Å². The van der Waals surface area contributed by atoms with Crippen molar-refractivity contribution in [2.45, 2.75) is 31.7 Å². The Balaban J connectivity index is 1.96. The molecule has 0 aliphatic heterocycles. The van der Waals surface area contributed by atoms with E-state index in [0.29, 0.717) is 18.0 Å². The number of rotatable bonds is 5. The van der Waals surface area contributed by atoms with E-state index >= 15 is 0 Å². The molecule has 0 aromatic heterocycles. The van der Waals surface area contributed by atoms with Gasteiger partial charge in [0.1, 0.15) is 5.82 Å². The third-order valence-corrected chi connectivity index (χ3v) is 3.58. The van der Waals surface area contributed by atoms with Crippen LogP contribution in [0.5, 0.6) is 0 Å². The molecule has 1 saturated carbocycles. The molecule has 0 saturated heterocycles. The van der Waals surface area contributed by atoms with Crippen LogP contribution in [0.1, 0.15) is 25.3 Å². The van der Waals surface area contributed by atoms with Crippen molar-refractivity contribution < 1.29 is 9.18 Å². The molecule has 1 amide bonds. The van der Waals surface area contributed by atoms with Gasteiger partial charge < -0.3 is 11.1 Å². The van der Waals surface area contributed by atoms with Crippen molar-refractivity contribution in [3.63, 3.8) is 0 Å². The average Bonchev–Trinajstić information content (AvgIpc) is 3.12. The fourth-order valence-corrected chi connectivity index (χ4v) is 2.24. The molecule has 1 unspecified atom stereocenters. The Bertz CT molecular complexity index is 445. The van der Waals surface area contributed by atoms with Gasteiger partial charge in [0.2, 0.25) is 5.91 Å². The van der Waals surface area contributed by atoms with E-state index in [1.165, 1.54) is 12.1 Å². The van der Waals surface area contributed by atoms with E-state index in [0.717, 1.165) is 12.8 Å². The van der Waals surface area contributed by atoms with E-state index in [2.05, 4.69) is 5.32 Å². The minimum absolute atomic E-state index is 0.0968. The third kappa shape index (κ3) is 3.07. The highest BCUT2D eigenvalue weighted by Gasteiger charge is 2.41. The van der Waals surface area contributed by atoms with Gasteiger partial charge in [0.15, 0.2) is 0 Å². The van der Waals surface area contributed by atoms with Crippen molar-refractivity contribution >= 4 is 5.91 Å². The molecule has 4 heteroatoms. The van der Waals surface area contributed by atoms with Crippen LogP contribution in [0, 0.1) is 11.7 Å². The zero-order valence-electron chi connectivity index (χ0n) is 10.6. The Labute approximate surface area is 107 Å². The summed E-state index contributed by atoms with van der Waals surface area (Å²) in [6.07, 6.45) is 2.43. The highest BCUT2D eigenvalue weighted by atomic mass is 19.1. The van der Waals surface area contributed by atoms with Crippen molar-refractivity contribution in [2.75, 3.05) is 6.54 Å². The van der Waals surface area contributed by atoms with Crippen LogP contribution in [0.3, 0.4) is 0 Å². The lowest BCUT2D eigenvalue weighted by molar-refractivity contribution is -0.122. The summed E-state index contributed by atoms with van der Waals surface area (Å²) >= 11 is 0. The first-order chi connectivity index (χ1) is 8.53. The van der Waals surface area contributed by atoms with Crippen LogP contribution in [-0.2, 0) is 11.2 Å². The molecule has 1 aromatic rings. The van der Waals surface area contributed by atoms with Crippen molar-refractivity contribution in [2.24, 2.45) is 11.7 Å². The molecule has 2 rings (SSSR count). The van der Waals surface area contributed by atoms with Crippen LogP contribution in [0.25, 0.3) is 0 Å². The first-order valence-electron chi connectivity index (χ1n) is 6.29. The van der Waals surface area contributed by atoms with Crippen LogP contribution in [0.2, 0.25) is 0 Å². The number of carbonyl (C=O) groups excluding carboxylic acids is 1. The van der Waals surface area contributed by atoms with E-state index in [4.69, 9.17) is 5.73 Å². The predicted molar refractivity (Wildman–Crippen MR) is 68.4 cm³/mol. The molecular weight excluding hydrogens is 231 g/mol. The van der Waals surface area contributed by atoms with Crippen molar-refractivity contribution in [1.29, 1.82) is 0 Å². The molecule has 1 atom stereocenters. The maximum Gasteiger partial charge on any atom is 0.224 e. The predicted octanol–water partition coefficient (Wildman–Crippen LogP) is 1.61. The van der Waals surface area contributed by atoms with Gasteiger partial charge in [-0.25, -0.2) is 4.39 Å². The largest absolute Gasteiger partial charge is 0.349 e. The van der Waals surface area contributed by atoms with Crippen LogP contribution in [0.15, 0.2) is 24.3 Å². The molecule has 18 heavy (non-hydrogen) atoms. The maximum atomic E-state index is 13.0. The SMILES string of the molecule is CC(CN)(NC(=O)Cc1cccc(F)c1)C1CC1. The fraction of sp³-hybridized carbons (Fsp3) is 0.500. The summed E-state index contributed by atoms with van der Waals surface area (Å²) in [5, 5.41) is 2.99. The smallest absolute Gasteiger partial charge is 0.224 e. The molecule has 0 heterocycles. The highest BCUT2D eigenvalue weighted by molar-refractivity contribution is 5.79. The minimum Gasteiger partial charge on any atom is -0.349 e. The quantitative estimate of drug-likeness (QED) is 0.834. The average molecular weight is 250 g/mol. The van der Waals surface area contributed by atoms with Crippen LogP contribution in [0.4, 0.5) is 4.39 Å². The number of benzene rings is 1. The zero-order chi connectivity index (χ0) is 13.2. The summed E-state index contributed by atoms with van der Waals surface area (Å²) in [5.41, 5.74) is 6.11. The Kier molecular flexibility index (Phi) is 3.66. The van der Waals surface area contributed by atoms with Crippen molar-refractivity contribution in [3.05, 3.63) is 35.6 Å². The molecule has 0 bridgehead atoms. The first-order valence-corrected chi connectivity index (χ1v) is 6.29. The van der Waals surface area contributed by atoms with E-state index in [1.54, 1.807) is 12.1 Å². The fourth-order valence-electron chi connectivity index (χ4n) is 2.24. The Morgan fingerprint density at radius 2 is 2.28 bits per heavy atom. The van der Waals surface area contributed by atoms with Gasteiger partial charge >= 0.3 is 0 Å². The molecule has 98 valence electrons. The van der Waals surface area contributed by atoms with Crippen molar-refractivity contribution in [3.8, 4) is 0 Å². The number of nitrogens with one attached hydrogen (secondary N) is 1. The molecule has 1 fully saturated rings. The van der Waals surface area contributed by atoms with Gasteiger partial charge in [-0.3, -0.25) is 4.79 Å². The Hall–Kier alpha value is -1.42. The highest BCUT2D eigenvalue weighted by Crippen LogP contribution is 2.38. The first kappa shape index (κ1) is 13.0. The minimum atomic E-state index is -0.316. The Morgan fingerprint density at radius 1 is 1.56 bits per heavy atom. The van der Waals surface area contributed by atoms with Gasteiger partial charge in [-0.05, 0) is 43.4 Å². The van der Waals surface area contributed by atoms with Gasteiger partial charge in [0, 0.05) is 6.54 Å². The zero-order valence-corrected chi connectivity index (χ0v) is 10.6. The number of halogens is 1. The lowest BCUT2D eigenvalue weighted by atomic mass is 9.95. The van der Waals surface area contributed by atoms with E-state index in [1.807, 2.05) is 6.92 Å². The summed E-state index contributed by atoms with van der Waals surface area (Å²) in [4.78, 5) is 11.9. The summed E-state index contributed by atoms with van der Waals surface area (Å²) in [6.45, 7) is 2.42. The van der Waals surface area contributed by atoms with Crippen LogP contribution >= 0.6 is 0 Å². The van der Waals surface area contributed by atoms with Gasteiger partial charge in [-0.1, -0.05) is 12.1 Å². The Morgan fingerprint density at radius 3 is 2.83 bits per heavy atom. The van der Waals surface area contributed by atoms with Crippen LogP contribution < -0.4 is 11.1 Å². The summed E-state index contributed by atoms with van der Waals surface area (Å²) in [6, 6.07) is 6.12. The molecular formula is C14H19FN2O. The summed E-state index contributed by atoms with van der Waals surface area (Å²) in [5.74, 6) is 0.0727. The maximum absolute atomic E-state index is 13.0. The number of carbonyl (C=O) groups is 1. The summed E-state index contributed by atoms with van der Waals surface area (Å²) < 4.78 is 13.0. The van der Waals surface area contributed by atoms with Gasteiger partial charge in [-0.2, -0.15) is 0 Å². The lowest BCUT2D eigenvalue weighted by Gasteiger charge is -2.29. The monoisotopic (exact) mass is 250 g/mol. The third-order valence-electron chi connectivity index (χ3n) is 3.58. The van der Waals surface area contributed by atoms with E-state index < -0.39 is 0 Å². The number of hydrogen-bond acceptors (Lipinski definition) is 2. The van der Waals surface area contributed by atoms with E-state index in [-0.39, 0.29) is 23.7 Å². The second kappa shape index (κ2) is 5.06. The molecule has 1 aliphatic rings. The van der Waals surface area contributed by atoms with E-state index in [9.17, 15) is 9.18 Å². The topological polar surface area (TPSA) is 55.1 Å². The number of hydrogen-bond donors (Lipinski definition) is 2. The normalized spacial score (nSPS) is 18.2. The van der Waals surface area contributed by atoms with Gasteiger partial charge in [0.25, 0.3) is 0 Å². The lowest BCUT2D eigenvalue weighted by Crippen LogP contribution is -2.53. The van der Waals surface area contributed by atoms with Crippen LogP contribution in [-0.4, -0.2) is 18.0 Å². The molecule has 0 spiro atoms. The number of nitrogens with two attached hydrogens (primary N) is 1. The van der Waals surface area contributed by atoms with Gasteiger partial charge in [-0.15, -0.1) is 0 Å². The second-order valence-electron chi connectivity index (χ2n) is 5.25. The molecule has 1 aromatic carbocycles. The molecule has 3 nitrogen and oxygen atoms in total. The molecule has 0 radical (unpaired) electrons.